The Morgan fingerprint density at radius 1 is 0.917 bits per heavy atom. The number of benzene rings is 3. The molecule has 2 amide bonds. The molecule has 0 radical (unpaired) electrons. The lowest BCUT2D eigenvalue weighted by atomic mass is 9.94. The van der Waals surface area contributed by atoms with Gasteiger partial charge in [-0.2, -0.15) is 5.26 Å². The van der Waals surface area contributed by atoms with Crippen molar-refractivity contribution in [3.8, 4) is 17.2 Å². The van der Waals surface area contributed by atoms with Crippen molar-refractivity contribution in [3.63, 3.8) is 0 Å². The van der Waals surface area contributed by atoms with E-state index in [0.717, 1.165) is 6.07 Å². The van der Waals surface area contributed by atoms with Crippen LogP contribution in [0.15, 0.2) is 59.1 Å². The van der Waals surface area contributed by atoms with Crippen LogP contribution >= 0.6 is 0 Å². The van der Waals surface area contributed by atoms with Crippen molar-refractivity contribution in [2.24, 2.45) is 0 Å². The number of rotatable bonds is 6. The third-order valence-corrected chi connectivity index (χ3v) is 5.36. The number of para-hydroxylation sites is 1. The van der Waals surface area contributed by atoms with Crippen LogP contribution < -0.4 is 10.6 Å². The van der Waals surface area contributed by atoms with Crippen molar-refractivity contribution in [1.82, 2.24) is 5.16 Å². The summed E-state index contributed by atoms with van der Waals surface area (Å²) in [6, 6.07) is 15.6. The van der Waals surface area contributed by atoms with Gasteiger partial charge in [0.2, 0.25) is 5.91 Å². The van der Waals surface area contributed by atoms with Crippen LogP contribution in [0.4, 0.5) is 11.4 Å². The van der Waals surface area contributed by atoms with Gasteiger partial charge in [-0.3, -0.25) is 14.4 Å². The summed E-state index contributed by atoms with van der Waals surface area (Å²) in [7, 11) is 0. The zero-order valence-corrected chi connectivity index (χ0v) is 19.1. The highest BCUT2D eigenvalue weighted by Crippen LogP contribution is 2.35. The van der Waals surface area contributed by atoms with Crippen LogP contribution in [-0.2, 0) is 4.79 Å². The van der Waals surface area contributed by atoms with Crippen LogP contribution in [0.3, 0.4) is 0 Å². The normalized spacial score (nSPS) is 10.5. The van der Waals surface area contributed by atoms with E-state index < -0.39 is 11.9 Å². The molecule has 0 fully saturated rings. The number of aromatic carboxylic acids is 1. The Morgan fingerprint density at radius 2 is 1.67 bits per heavy atom. The highest BCUT2D eigenvalue weighted by atomic mass is 16.5. The van der Waals surface area contributed by atoms with Gasteiger partial charge >= 0.3 is 5.97 Å². The van der Waals surface area contributed by atoms with Gasteiger partial charge in [0.1, 0.15) is 0 Å². The maximum absolute atomic E-state index is 13.1. The lowest BCUT2D eigenvalue weighted by molar-refractivity contribution is -0.114. The third kappa shape index (κ3) is 4.53. The van der Waals surface area contributed by atoms with Crippen LogP contribution in [0.2, 0.25) is 0 Å². The van der Waals surface area contributed by atoms with E-state index in [4.69, 9.17) is 9.78 Å². The number of nitriles is 1. The maximum Gasteiger partial charge on any atom is 0.337 e. The summed E-state index contributed by atoms with van der Waals surface area (Å²) in [5.74, 6) is -2.64. The monoisotopic (exact) mass is 482 g/mol. The summed E-state index contributed by atoms with van der Waals surface area (Å²) >= 11 is 0. The van der Waals surface area contributed by atoms with Crippen molar-refractivity contribution in [3.05, 3.63) is 77.0 Å². The van der Waals surface area contributed by atoms with Gasteiger partial charge in [0, 0.05) is 23.7 Å². The SMILES string of the molecule is CC(=O)Nc1ccccc1-c1cc2c(C(=O)Nc3ccc(C#N)cc3C(=O)O)noc2cc1C(C)=O. The summed E-state index contributed by atoms with van der Waals surface area (Å²) in [6.07, 6.45) is 0. The number of ketones is 1. The van der Waals surface area contributed by atoms with E-state index in [0.29, 0.717) is 22.4 Å². The first kappa shape index (κ1) is 23.8. The quantitative estimate of drug-likeness (QED) is 0.339. The van der Waals surface area contributed by atoms with Crippen molar-refractivity contribution < 1.29 is 28.8 Å². The summed E-state index contributed by atoms with van der Waals surface area (Å²) in [6.45, 7) is 2.75. The Hall–Kier alpha value is -5.30. The third-order valence-electron chi connectivity index (χ3n) is 5.36. The van der Waals surface area contributed by atoms with Gasteiger partial charge in [0.05, 0.1) is 28.3 Å². The fourth-order valence-corrected chi connectivity index (χ4v) is 3.76. The van der Waals surface area contributed by atoms with Gasteiger partial charge in [-0.25, -0.2) is 4.79 Å². The second-order valence-electron chi connectivity index (χ2n) is 7.84. The molecule has 0 bridgehead atoms. The van der Waals surface area contributed by atoms with Crippen LogP contribution in [0, 0.1) is 11.3 Å². The molecular formula is C26H18N4O6. The Bertz CT molecular complexity index is 1610. The highest BCUT2D eigenvalue weighted by Gasteiger charge is 2.23. The molecule has 3 N–H and O–H groups in total. The second-order valence-corrected chi connectivity index (χ2v) is 7.84. The molecular weight excluding hydrogens is 464 g/mol. The number of carboxylic acid groups (broad SMARTS) is 1. The number of fused-ring (bicyclic) bond motifs is 1. The largest absolute Gasteiger partial charge is 0.478 e. The first-order chi connectivity index (χ1) is 17.2. The fraction of sp³-hybridized carbons (Fsp3) is 0.0769. The Kier molecular flexibility index (Phi) is 6.30. The van der Waals surface area contributed by atoms with Gasteiger partial charge < -0.3 is 20.3 Å². The molecule has 0 spiro atoms. The number of amides is 2. The lowest BCUT2D eigenvalue weighted by Crippen LogP contribution is -2.15. The Balaban J connectivity index is 1.83. The fourth-order valence-electron chi connectivity index (χ4n) is 3.76. The van der Waals surface area contributed by atoms with Crippen LogP contribution in [0.5, 0.6) is 0 Å². The molecule has 0 saturated heterocycles. The number of carbonyl (C=O) groups excluding carboxylic acids is 3. The van der Waals surface area contributed by atoms with Crippen molar-refractivity contribution in [2.75, 3.05) is 10.6 Å². The molecule has 4 aromatic rings. The van der Waals surface area contributed by atoms with E-state index >= 15 is 0 Å². The van der Waals surface area contributed by atoms with E-state index in [1.165, 1.54) is 32.0 Å². The van der Waals surface area contributed by atoms with Gasteiger partial charge in [0.15, 0.2) is 17.1 Å². The molecule has 4 rings (SSSR count). The Labute approximate surface area is 204 Å². The average molecular weight is 482 g/mol. The first-order valence-electron chi connectivity index (χ1n) is 10.6. The van der Waals surface area contributed by atoms with E-state index in [-0.39, 0.29) is 45.2 Å². The number of hydrogen-bond acceptors (Lipinski definition) is 7. The predicted octanol–water partition coefficient (Wildman–Crippen LogP) is 4.48. The minimum atomic E-state index is -1.32. The van der Waals surface area contributed by atoms with Crippen molar-refractivity contribution in [2.45, 2.75) is 13.8 Å². The molecule has 3 aromatic carbocycles. The lowest BCUT2D eigenvalue weighted by Gasteiger charge is -2.13. The number of aromatic nitrogens is 1. The van der Waals surface area contributed by atoms with Crippen molar-refractivity contribution >= 4 is 45.9 Å². The van der Waals surface area contributed by atoms with E-state index in [9.17, 15) is 24.3 Å². The zero-order valence-electron chi connectivity index (χ0n) is 19.1. The molecule has 0 aliphatic heterocycles. The predicted molar refractivity (Wildman–Crippen MR) is 130 cm³/mol. The van der Waals surface area contributed by atoms with Crippen LogP contribution in [0.1, 0.15) is 50.6 Å². The number of hydrogen-bond donors (Lipinski definition) is 3. The smallest absolute Gasteiger partial charge is 0.337 e. The van der Waals surface area contributed by atoms with E-state index in [2.05, 4.69) is 15.8 Å². The van der Waals surface area contributed by atoms with Gasteiger partial charge in [-0.05, 0) is 48.9 Å². The summed E-state index contributed by atoms with van der Waals surface area (Å²) in [5.41, 5.74) is 1.62. The minimum Gasteiger partial charge on any atom is -0.478 e. The summed E-state index contributed by atoms with van der Waals surface area (Å²) in [4.78, 5) is 48.9. The molecule has 0 aliphatic carbocycles. The number of nitrogens with zero attached hydrogens (tertiary/aromatic N) is 2. The van der Waals surface area contributed by atoms with Crippen LogP contribution in [0.25, 0.3) is 22.1 Å². The molecule has 0 saturated carbocycles. The van der Waals surface area contributed by atoms with Crippen LogP contribution in [-0.4, -0.2) is 33.8 Å². The molecule has 0 unspecified atom stereocenters. The maximum atomic E-state index is 13.1. The number of carbonyl (C=O) groups is 4. The van der Waals surface area contributed by atoms with Gasteiger partial charge in [0.25, 0.3) is 5.91 Å². The zero-order chi connectivity index (χ0) is 26.0. The molecule has 1 heterocycles. The summed E-state index contributed by atoms with van der Waals surface area (Å²) in [5, 5.41) is 27.8. The number of Topliss-reactive ketones (excluding diaryl/α,β-unsaturated/α-hetero) is 1. The molecule has 36 heavy (non-hydrogen) atoms. The number of carboxylic acids is 1. The molecule has 1 aromatic heterocycles. The van der Waals surface area contributed by atoms with E-state index in [1.54, 1.807) is 30.3 Å². The molecule has 178 valence electrons. The number of anilines is 2. The van der Waals surface area contributed by atoms with Gasteiger partial charge in [-0.15, -0.1) is 0 Å². The molecule has 0 aliphatic rings. The topological polar surface area (TPSA) is 162 Å². The van der Waals surface area contributed by atoms with Gasteiger partial charge in [-0.1, -0.05) is 23.4 Å². The number of nitrogens with one attached hydrogen (secondary N) is 2. The minimum absolute atomic E-state index is 0.0285. The molecule has 0 atom stereocenters. The second kappa shape index (κ2) is 9.52. The highest BCUT2D eigenvalue weighted by molar-refractivity contribution is 6.15. The Morgan fingerprint density at radius 3 is 2.33 bits per heavy atom. The summed E-state index contributed by atoms with van der Waals surface area (Å²) < 4.78 is 5.31. The average Bonchev–Trinajstić information content (AvgIpc) is 3.26. The standard InChI is InChI=1S/C26H18N4O6/c1-13(31)17-11-23-20(10-18(17)16-5-3-4-6-21(16)28-14(2)32)24(30-36-23)25(33)29-22-8-7-15(12-27)9-19(22)26(34)35/h3-11H,1-2H3,(H,28,32)(H,29,33)(H,34,35). The first-order valence-corrected chi connectivity index (χ1v) is 10.6. The molecule has 10 heteroatoms. The van der Waals surface area contributed by atoms with Crippen molar-refractivity contribution in [1.29, 1.82) is 5.26 Å². The molecule has 10 nitrogen and oxygen atoms in total. The van der Waals surface area contributed by atoms with E-state index in [1.807, 2.05) is 6.07 Å².